The first-order valence-electron chi connectivity index (χ1n) is 7.97. The van der Waals surface area contributed by atoms with Crippen molar-refractivity contribution in [3.8, 4) is 11.1 Å². The summed E-state index contributed by atoms with van der Waals surface area (Å²) in [6.07, 6.45) is 1.56. The molecule has 4 heteroatoms. The van der Waals surface area contributed by atoms with Gasteiger partial charge < -0.3 is 5.11 Å². The van der Waals surface area contributed by atoms with E-state index in [1.165, 1.54) is 0 Å². The molecule has 0 aromatic heterocycles. The largest absolute Gasteiger partial charge is 0.512 e. The highest BCUT2D eigenvalue weighted by Gasteiger charge is 2.26. The number of aryl methyl sites for hydroxylation is 2. The number of aliphatic hydroxyl groups excluding tert-OH is 1. The lowest BCUT2D eigenvalue weighted by molar-refractivity contribution is -0.113. The summed E-state index contributed by atoms with van der Waals surface area (Å²) in [5.74, 6) is 0.173. The third-order valence-corrected chi connectivity index (χ3v) is 5.48. The number of aliphatic hydroxyl groups is 1. The Hall–Kier alpha value is -1.77. The van der Waals surface area contributed by atoms with Gasteiger partial charge in [0.15, 0.2) is 5.78 Å². The first-order valence-corrected chi connectivity index (χ1v) is 8.73. The van der Waals surface area contributed by atoms with E-state index in [0.29, 0.717) is 28.5 Å². The van der Waals surface area contributed by atoms with Gasteiger partial charge in [0.2, 0.25) is 0 Å². The third-order valence-electron chi connectivity index (χ3n) is 4.50. The molecule has 0 saturated heterocycles. The van der Waals surface area contributed by atoms with Crippen LogP contribution in [0.2, 0.25) is 10.0 Å². The third kappa shape index (κ3) is 2.85. The van der Waals surface area contributed by atoms with Crippen LogP contribution >= 0.6 is 23.2 Å². The van der Waals surface area contributed by atoms with Gasteiger partial charge in [-0.3, -0.25) is 4.79 Å². The van der Waals surface area contributed by atoms with Gasteiger partial charge in [-0.05, 0) is 41.7 Å². The second kappa shape index (κ2) is 6.62. The van der Waals surface area contributed by atoms with Gasteiger partial charge in [-0.15, -0.1) is 0 Å². The Morgan fingerprint density at radius 1 is 1.04 bits per heavy atom. The summed E-state index contributed by atoms with van der Waals surface area (Å²) < 4.78 is 0. The molecule has 0 aliphatic heterocycles. The van der Waals surface area contributed by atoms with Crippen LogP contribution in [-0.4, -0.2) is 10.9 Å². The van der Waals surface area contributed by atoms with Gasteiger partial charge >= 0.3 is 0 Å². The van der Waals surface area contributed by atoms with Crippen molar-refractivity contribution >= 4 is 34.6 Å². The van der Waals surface area contributed by atoms with Crippen LogP contribution in [0.1, 0.15) is 36.5 Å². The zero-order valence-electron chi connectivity index (χ0n) is 13.6. The van der Waals surface area contributed by atoms with E-state index < -0.39 is 0 Å². The quantitative estimate of drug-likeness (QED) is 0.710. The lowest BCUT2D eigenvalue weighted by Crippen LogP contribution is -2.01. The van der Waals surface area contributed by atoms with E-state index in [2.05, 4.69) is 0 Å². The smallest absolute Gasteiger partial charge is 0.167 e. The molecule has 0 spiro atoms. The fraction of sp³-hybridized carbons (Fsp3) is 0.250. The number of carbonyl (C=O) groups is 1. The Labute approximate surface area is 151 Å². The zero-order chi connectivity index (χ0) is 17.4. The molecule has 1 aliphatic rings. The minimum atomic E-state index is -0.00705. The summed E-state index contributed by atoms with van der Waals surface area (Å²) in [5, 5.41) is 11.2. The van der Waals surface area contributed by atoms with Crippen LogP contribution in [0.15, 0.2) is 36.1 Å². The molecule has 0 heterocycles. The van der Waals surface area contributed by atoms with E-state index in [-0.39, 0.29) is 11.5 Å². The van der Waals surface area contributed by atoms with Crippen molar-refractivity contribution in [1.82, 2.24) is 0 Å². The number of benzene rings is 2. The minimum Gasteiger partial charge on any atom is -0.512 e. The van der Waals surface area contributed by atoms with E-state index >= 15 is 0 Å². The molecular weight excluding hydrogens is 343 g/mol. The van der Waals surface area contributed by atoms with Crippen LogP contribution < -0.4 is 0 Å². The Morgan fingerprint density at radius 2 is 1.79 bits per heavy atom. The molecule has 2 aromatic carbocycles. The maximum atomic E-state index is 12.2. The number of allylic oxidation sites excluding steroid dienone is 2. The Kier molecular flexibility index (Phi) is 4.71. The molecular formula is C20H18Cl2O2. The van der Waals surface area contributed by atoms with E-state index in [0.717, 1.165) is 34.2 Å². The highest BCUT2D eigenvalue weighted by Crippen LogP contribution is 2.39. The highest BCUT2D eigenvalue weighted by molar-refractivity contribution is 6.44. The lowest BCUT2D eigenvalue weighted by atomic mass is 9.92. The summed E-state index contributed by atoms with van der Waals surface area (Å²) in [6, 6.07) is 9.75. The molecule has 3 rings (SSSR count). The highest BCUT2D eigenvalue weighted by atomic mass is 35.5. The Balaban J connectivity index is 2.20. The van der Waals surface area contributed by atoms with Gasteiger partial charge in [-0.2, -0.15) is 0 Å². The summed E-state index contributed by atoms with van der Waals surface area (Å²) in [7, 11) is 0. The first-order chi connectivity index (χ1) is 11.4. The van der Waals surface area contributed by atoms with E-state index in [1.807, 2.05) is 44.2 Å². The number of ketones is 1. The number of Topliss-reactive ketones (excluding diaryl/α,β-unsaturated/α-hetero) is 1. The van der Waals surface area contributed by atoms with Gasteiger partial charge in [-0.25, -0.2) is 0 Å². The van der Waals surface area contributed by atoms with E-state index in [1.54, 1.807) is 0 Å². The predicted octanol–water partition coefficient (Wildman–Crippen LogP) is 6.16. The molecule has 0 atom stereocenters. The summed E-state index contributed by atoms with van der Waals surface area (Å²) in [6.45, 7) is 3.94. The van der Waals surface area contributed by atoms with Gasteiger partial charge in [0.1, 0.15) is 5.76 Å². The van der Waals surface area contributed by atoms with Crippen LogP contribution in [-0.2, 0) is 11.2 Å². The second-order valence-electron chi connectivity index (χ2n) is 6.03. The summed E-state index contributed by atoms with van der Waals surface area (Å²) in [5.41, 5.74) is 4.90. The zero-order valence-corrected chi connectivity index (χ0v) is 15.1. The fourth-order valence-corrected chi connectivity index (χ4v) is 3.59. The molecule has 1 aliphatic carbocycles. The van der Waals surface area contributed by atoms with Gasteiger partial charge in [0.05, 0.1) is 15.6 Å². The monoisotopic (exact) mass is 360 g/mol. The van der Waals surface area contributed by atoms with Crippen molar-refractivity contribution in [2.45, 2.75) is 33.1 Å². The van der Waals surface area contributed by atoms with Crippen LogP contribution in [0.4, 0.5) is 0 Å². The number of halogens is 2. The van der Waals surface area contributed by atoms with Crippen molar-refractivity contribution in [2.75, 3.05) is 0 Å². The molecule has 0 unspecified atom stereocenters. The second-order valence-corrected chi connectivity index (χ2v) is 6.78. The summed E-state index contributed by atoms with van der Waals surface area (Å²) in [4.78, 5) is 12.2. The number of rotatable bonds is 3. The molecule has 0 radical (unpaired) electrons. The average Bonchev–Trinajstić information content (AvgIpc) is 2.91. The molecule has 0 amide bonds. The maximum Gasteiger partial charge on any atom is 0.167 e. The van der Waals surface area contributed by atoms with Crippen LogP contribution in [0, 0.1) is 6.92 Å². The number of hydrogen-bond acceptors (Lipinski definition) is 2. The lowest BCUT2D eigenvalue weighted by Gasteiger charge is -2.14. The van der Waals surface area contributed by atoms with Crippen molar-refractivity contribution in [3.63, 3.8) is 0 Å². The topological polar surface area (TPSA) is 37.3 Å². The van der Waals surface area contributed by atoms with Gasteiger partial charge in [0.25, 0.3) is 0 Å². The van der Waals surface area contributed by atoms with Crippen LogP contribution in [0.5, 0.6) is 0 Å². The predicted molar refractivity (Wildman–Crippen MR) is 99.8 cm³/mol. The normalized spacial score (nSPS) is 14.6. The molecule has 0 bridgehead atoms. The van der Waals surface area contributed by atoms with Crippen LogP contribution in [0.25, 0.3) is 16.7 Å². The number of hydrogen-bond donors (Lipinski definition) is 1. The first kappa shape index (κ1) is 17.1. The van der Waals surface area contributed by atoms with Gasteiger partial charge in [-0.1, -0.05) is 54.4 Å². The molecule has 2 nitrogen and oxygen atoms in total. The SMILES string of the molecule is CCc1ccc(-c2ccc(C)c(Cl)c2Cl)cc1C1=C(O)CCC1=O. The standard InChI is InChI=1S/C20H18Cl2O2/c1-3-12-5-6-13(14-7-4-11(2)19(21)20(14)22)10-15(12)18-16(23)8-9-17(18)24/h4-7,10,23H,3,8-9H2,1-2H3. The molecule has 0 fully saturated rings. The van der Waals surface area contributed by atoms with Crippen molar-refractivity contribution in [3.05, 3.63) is 62.8 Å². The fourth-order valence-electron chi connectivity index (χ4n) is 3.10. The average molecular weight is 361 g/mol. The summed E-state index contributed by atoms with van der Waals surface area (Å²) >= 11 is 12.7. The Bertz CT molecular complexity index is 866. The van der Waals surface area contributed by atoms with E-state index in [4.69, 9.17) is 23.2 Å². The van der Waals surface area contributed by atoms with Crippen molar-refractivity contribution in [2.24, 2.45) is 0 Å². The van der Waals surface area contributed by atoms with Gasteiger partial charge in [0, 0.05) is 18.4 Å². The molecule has 24 heavy (non-hydrogen) atoms. The van der Waals surface area contributed by atoms with Crippen molar-refractivity contribution in [1.29, 1.82) is 0 Å². The molecule has 2 aromatic rings. The Morgan fingerprint density at radius 3 is 2.42 bits per heavy atom. The minimum absolute atomic E-state index is 0.00705. The van der Waals surface area contributed by atoms with Crippen molar-refractivity contribution < 1.29 is 9.90 Å². The molecule has 0 saturated carbocycles. The van der Waals surface area contributed by atoms with E-state index in [9.17, 15) is 9.90 Å². The number of carbonyl (C=O) groups excluding carboxylic acids is 1. The molecule has 124 valence electrons. The van der Waals surface area contributed by atoms with Crippen LogP contribution in [0.3, 0.4) is 0 Å². The maximum absolute atomic E-state index is 12.2. The molecule has 1 N–H and O–H groups in total.